The predicted octanol–water partition coefficient (Wildman–Crippen LogP) is 3.18. The second kappa shape index (κ2) is 9.75. The van der Waals surface area contributed by atoms with E-state index >= 15 is 0 Å². The van der Waals surface area contributed by atoms with Gasteiger partial charge in [-0.2, -0.15) is 0 Å². The molecule has 0 unspecified atom stereocenters. The van der Waals surface area contributed by atoms with Gasteiger partial charge in [-0.1, -0.05) is 11.8 Å². The van der Waals surface area contributed by atoms with Gasteiger partial charge >= 0.3 is 0 Å². The van der Waals surface area contributed by atoms with Crippen molar-refractivity contribution in [2.75, 3.05) is 27.9 Å². The van der Waals surface area contributed by atoms with Crippen LogP contribution in [0.5, 0.6) is 23.0 Å². The molecule has 6 heteroatoms. The highest BCUT2D eigenvalue weighted by Crippen LogP contribution is 2.37. The highest BCUT2D eigenvalue weighted by atomic mass is 16.5. The minimum Gasteiger partial charge on any atom is -0.497 e. The van der Waals surface area contributed by atoms with Crippen molar-refractivity contribution in [3.8, 4) is 34.8 Å². The van der Waals surface area contributed by atoms with Gasteiger partial charge in [-0.3, -0.25) is 0 Å². The summed E-state index contributed by atoms with van der Waals surface area (Å²) in [6, 6.07) is 6.95. The molecule has 0 aliphatic rings. The van der Waals surface area contributed by atoms with Gasteiger partial charge in [0.25, 0.3) is 0 Å². The fourth-order valence-electron chi connectivity index (χ4n) is 3.09. The Labute approximate surface area is 178 Å². The summed E-state index contributed by atoms with van der Waals surface area (Å²) in [5.41, 5.74) is 1.60. The molecule has 0 heterocycles. The Morgan fingerprint density at radius 3 is 1.93 bits per heavy atom. The molecule has 2 aromatic carbocycles. The molecule has 2 rings (SSSR count). The second-order valence-electron chi connectivity index (χ2n) is 7.22. The predicted molar refractivity (Wildman–Crippen MR) is 116 cm³/mol. The third-order valence-electron chi connectivity index (χ3n) is 5.15. The molecule has 0 amide bonds. The summed E-state index contributed by atoms with van der Waals surface area (Å²) >= 11 is 0. The Kier molecular flexibility index (Phi) is 7.60. The summed E-state index contributed by atoms with van der Waals surface area (Å²) in [5, 5.41) is 21.2. The van der Waals surface area contributed by atoms with E-state index in [9.17, 15) is 10.2 Å². The van der Waals surface area contributed by atoms with Gasteiger partial charge in [-0.05, 0) is 63.1 Å². The van der Waals surface area contributed by atoms with Crippen LogP contribution in [0.4, 0.5) is 0 Å². The normalized spacial score (nSPS) is 13.5. The topological polar surface area (TPSA) is 77.4 Å². The standard InChI is InChI=1S/C24H30O6/c1-15-16(2)23(29-7)20(17(3)22(15)28-6)12-13-24(4,26)21(25)14-30-19-10-8-18(27-5)9-11-19/h8-11,21,25-26H,14H2,1-7H3/t21-,24-/m0/s1. The first-order chi connectivity index (χ1) is 14.2. The van der Waals surface area contributed by atoms with Crippen molar-refractivity contribution in [2.24, 2.45) is 0 Å². The fourth-order valence-corrected chi connectivity index (χ4v) is 3.09. The molecule has 2 N–H and O–H groups in total. The van der Waals surface area contributed by atoms with Crippen LogP contribution in [0, 0.1) is 32.6 Å². The van der Waals surface area contributed by atoms with Crippen molar-refractivity contribution >= 4 is 0 Å². The number of hydrogen-bond donors (Lipinski definition) is 2. The average Bonchev–Trinajstić information content (AvgIpc) is 2.74. The molecule has 6 nitrogen and oxygen atoms in total. The van der Waals surface area contributed by atoms with E-state index in [1.807, 2.05) is 20.8 Å². The number of benzene rings is 2. The molecular formula is C24H30O6. The zero-order valence-corrected chi connectivity index (χ0v) is 18.6. The summed E-state index contributed by atoms with van der Waals surface area (Å²) in [5.74, 6) is 8.34. The van der Waals surface area contributed by atoms with E-state index in [4.69, 9.17) is 18.9 Å². The maximum atomic E-state index is 10.7. The third-order valence-corrected chi connectivity index (χ3v) is 5.15. The summed E-state index contributed by atoms with van der Waals surface area (Å²) in [7, 11) is 4.76. The van der Waals surface area contributed by atoms with E-state index in [0.29, 0.717) is 22.8 Å². The molecule has 0 radical (unpaired) electrons. The second-order valence-corrected chi connectivity index (χ2v) is 7.22. The SMILES string of the molecule is COc1ccc(OC[C@H](O)[C@@](C)(O)C#Cc2c(C)c(OC)c(C)c(C)c2OC)cc1. The molecule has 0 aromatic heterocycles. The van der Waals surface area contributed by atoms with Crippen LogP contribution in [0.25, 0.3) is 0 Å². The zero-order valence-electron chi connectivity index (χ0n) is 18.6. The number of hydrogen-bond acceptors (Lipinski definition) is 6. The van der Waals surface area contributed by atoms with Crippen LogP contribution in [-0.4, -0.2) is 49.9 Å². The molecule has 0 fully saturated rings. The van der Waals surface area contributed by atoms with Crippen molar-refractivity contribution in [1.82, 2.24) is 0 Å². The molecule has 0 aliphatic carbocycles. The minimum atomic E-state index is -1.70. The van der Waals surface area contributed by atoms with Gasteiger partial charge in [-0.25, -0.2) is 0 Å². The minimum absolute atomic E-state index is 0.125. The van der Waals surface area contributed by atoms with Crippen molar-refractivity contribution in [3.63, 3.8) is 0 Å². The summed E-state index contributed by atoms with van der Waals surface area (Å²) in [6.07, 6.45) is -1.23. The average molecular weight is 414 g/mol. The lowest BCUT2D eigenvalue weighted by Crippen LogP contribution is -2.41. The first-order valence-electron chi connectivity index (χ1n) is 9.58. The summed E-state index contributed by atoms with van der Waals surface area (Å²) in [4.78, 5) is 0. The molecule has 0 bridgehead atoms. The number of ether oxygens (including phenoxy) is 4. The molecule has 0 aliphatic heterocycles. The van der Waals surface area contributed by atoms with Crippen LogP contribution in [0.1, 0.15) is 29.2 Å². The van der Waals surface area contributed by atoms with Gasteiger partial charge in [0.15, 0.2) is 5.60 Å². The van der Waals surface area contributed by atoms with Crippen LogP contribution in [0.15, 0.2) is 24.3 Å². The molecule has 0 saturated heterocycles. The van der Waals surface area contributed by atoms with Gasteiger partial charge in [0.2, 0.25) is 0 Å². The van der Waals surface area contributed by atoms with Gasteiger partial charge in [-0.15, -0.1) is 0 Å². The van der Waals surface area contributed by atoms with Gasteiger partial charge in [0.1, 0.15) is 35.7 Å². The lowest BCUT2D eigenvalue weighted by molar-refractivity contribution is -0.0408. The van der Waals surface area contributed by atoms with Crippen LogP contribution >= 0.6 is 0 Å². The van der Waals surface area contributed by atoms with Crippen molar-refractivity contribution in [3.05, 3.63) is 46.5 Å². The van der Waals surface area contributed by atoms with E-state index in [0.717, 1.165) is 22.4 Å². The Morgan fingerprint density at radius 2 is 1.40 bits per heavy atom. The number of rotatable bonds is 7. The number of aliphatic hydroxyl groups is 2. The summed E-state index contributed by atoms with van der Waals surface area (Å²) < 4.78 is 21.7. The van der Waals surface area contributed by atoms with E-state index in [1.54, 1.807) is 45.6 Å². The molecule has 2 atom stereocenters. The maximum absolute atomic E-state index is 10.7. The summed E-state index contributed by atoms with van der Waals surface area (Å²) in [6.45, 7) is 7.09. The number of aliphatic hydroxyl groups excluding tert-OH is 1. The fraction of sp³-hybridized carbons (Fsp3) is 0.417. The van der Waals surface area contributed by atoms with Crippen molar-refractivity contribution in [2.45, 2.75) is 39.4 Å². The van der Waals surface area contributed by atoms with E-state index < -0.39 is 11.7 Å². The van der Waals surface area contributed by atoms with Gasteiger partial charge in [0.05, 0.1) is 26.9 Å². The van der Waals surface area contributed by atoms with E-state index in [2.05, 4.69) is 11.8 Å². The number of methoxy groups -OCH3 is 3. The van der Waals surface area contributed by atoms with E-state index in [1.165, 1.54) is 6.92 Å². The van der Waals surface area contributed by atoms with E-state index in [-0.39, 0.29) is 6.61 Å². The molecule has 2 aromatic rings. The Morgan fingerprint density at radius 1 is 0.867 bits per heavy atom. The smallest absolute Gasteiger partial charge is 0.152 e. The van der Waals surface area contributed by atoms with Gasteiger partial charge in [0, 0.05) is 5.56 Å². The highest BCUT2D eigenvalue weighted by Gasteiger charge is 2.29. The quantitative estimate of drug-likeness (QED) is 0.678. The Balaban J connectivity index is 2.25. The van der Waals surface area contributed by atoms with Crippen LogP contribution < -0.4 is 18.9 Å². The van der Waals surface area contributed by atoms with Crippen molar-refractivity contribution in [1.29, 1.82) is 0 Å². The van der Waals surface area contributed by atoms with Crippen LogP contribution in [0.3, 0.4) is 0 Å². The molecule has 0 spiro atoms. The lowest BCUT2D eigenvalue weighted by atomic mass is 9.95. The largest absolute Gasteiger partial charge is 0.497 e. The third kappa shape index (κ3) is 4.99. The first-order valence-corrected chi connectivity index (χ1v) is 9.58. The molecular weight excluding hydrogens is 384 g/mol. The van der Waals surface area contributed by atoms with Gasteiger partial charge < -0.3 is 29.2 Å². The molecule has 30 heavy (non-hydrogen) atoms. The van der Waals surface area contributed by atoms with Crippen molar-refractivity contribution < 1.29 is 29.2 Å². The maximum Gasteiger partial charge on any atom is 0.152 e. The molecule has 0 saturated carbocycles. The van der Waals surface area contributed by atoms with Crippen LogP contribution in [0.2, 0.25) is 0 Å². The monoisotopic (exact) mass is 414 g/mol. The Bertz CT molecular complexity index is 935. The van der Waals surface area contributed by atoms with Crippen LogP contribution in [-0.2, 0) is 0 Å². The lowest BCUT2D eigenvalue weighted by Gasteiger charge is -2.24. The zero-order chi connectivity index (χ0) is 22.5. The highest BCUT2D eigenvalue weighted by molar-refractivity contribution is 5.63. The Hall–Kier alpha value is -2.88. The first kappa shape index (κ1) is 23.4. The molecule has 162 valence electrons.